The predicted molar refractivity (Wildman–Crippen MR) is 78.4 cm³/mol. The van der Waals surface area contributed by atoms with E-state index in [-0.39, 0.29) is 0 Å². The van der Waals surface area contributed by atoms with E-state index in [2.05, 4.69) is 34.6 Å². The number of aromatic nitrogens is 3. The maximum atomic E-state index is 5.47. The van der Waals surface area contributed by atoms with Crippen molar-refractivity contribution in [2.45, 2.75) is 19.4 Å². The number of para-hydroxylation sites is 1. The third-order valence-electron chi connectivity index (χ3n) is 3.93. The van der Waals surface area contributed by atoms with Crippen LogP contribution in [0.25, 0.3) is 11.4 Å². The molecule has 1 saturated heterocycles. The molecular weight excluding hydrogens is 252 g/mol. The fraction of sp³-hybridized carbons (Fsp3) is 0.467. The third-order valence-corrected chi connectivity index (χ3v) is 3.93. The lowest BCUT2D eigenvalue weighted by molar-refractivity contribution is 0.183. The molecular formula is C15H20N4O. The summed E-state index contributed by atoms with van der Waals surface area (Å²) in [6, 6.07) is 8.62. The van der Waals surface area contributed by atoms with Gasteiger partial charge in [0, 0.05) is 36.9 Å². The molecule has 1 N–H and O–H groups in total. The lowest BCUT2D eigenvalue weighted by Crippen LogP contribution is -2.26. The highest BCUT2D eigenvalue weighted by Gasteiger charge is 2.23. The van der Waals surface area contributed by atoms with Gasteiger partial charge in [-0.1, -0.05) is 12.1 Å². The highest BCUT2D eigenvalue weighted by molar-refractivity contribution is 5.73. The van der Waals surface area contributed by atoms with Crippen LogP contribution in [0.5, 0.6) is 0 Å². The molecule has 0 aliphatic carbocycles. The van der Waals surface area contributed by atoms with Gasteiger partial charge in [-0.2, -0.15) is 0 Å². The number of benzene rings is 1. The van der Waals surface area contributed by atoms with Crippen molar-refractivity contribution >= 4 is 5.69 Å². The quantitative estimate of drug-likeness (QED) is 0.928. The van der Waals surface area contributed by atoms with E-state index in [9.17, 15) is 0 Å². The second kappa shape index (κ2) is 5.63. The number of nitrogens with zero attached hydrogens (tertiary/aromatic N) is 3. The molecule has 0 saturated carbocycles. The van der Waals surface area contributed by atoms with Gasteiger partial charge in [0.1, 0.15) is 6.33 Å². The molecule has 106 valence electrons. The Morgan fingerprint density at radius 2 is 2.25 bits per heavy atom. The van der Waals surface area contributed by atoms with E-state index in [1.165, 1.54) is 0 Å². The van der Waals surface area contributed by atoms with E-state index in [0.29, 0.717) is 12.0 Å². The molecule has 3 rings (SSSR count). The minimum atomic E-state index is 0.381. The summed E-state index contributed by atoms with van der Waals surface area (Å²) in [7, 11) is 1.96. The normalized spacial score (nSPS) is 20.0. The van der Waals surface area contributed by atoms with E-state index in [1.54, 1.807) is 6.33 Å². The maximum Gasteiger partial charge on any atom is 0.165 e. The lowest BCUT2D eigenvalue weighted by atomic mass is 10.00. The van der Waals surface area contributed by atoms with E-state index in [1.807, 2.05) is 23.7 Å². The molecule has 0 bridgehead atoms. The Kier molecular flexibility index (Phi) is 3.69. The SMILES string of the molecule is CC(Nc1ccccc1-c1nncn1C)C1CCOC1. The van der Waals surface area contributed by atoms with Crippen molar-refractivity contribution in [2.24, 2.45) is 13.0 Å². The first-order chi connectivity index (χ1) is 9.75. The van der Waals surface area contributed by atoms with Gasteiger partial charge in [0.25, 0.3) is 0 Å². The largest absolute Gasteiger partial charge is 0.382 e. The highest BCUT2D eigenvalue weighted by atomic mass is 16.5. The van der Waals surface area contributed by atoms with Crippen LogP contribution in [0.2, 0.25) is 0 Å². The molecule has 1 aliphatic heterocycles. The first-order valence-electron chi connectivity index (χ1n) is 7.03. The zero-order chi connectivity index (χ0) is 13.9. The van der Waals surface area contributed by atoms with Crippen LogP contribution in [0.3, 0.4) is 0 Å². The van der Waals surface area contributed by atoms with Gasteiger partial charge < -0.3 is 14.6 Å². The summed E-state index contributed by atoms with van der Waals surface area (Å²) < 4.78 is 7.41. The minimum Gasteiger partial charge on any atom is -0.382 e. The Bertz CT molecular complexity index is 575. The Labute approximate surface area is 119 Å². The van der Waals surface area contributed by atoms with Crippen molar-refractivity contribution in [3.8, 4) is 11.4 Å². The number of nitrogens with one attached hydrogen (secondary N) is 1. The molecule has 0 amide bonds. The van der Waals surface area contributed by atoms with Crippen molar-refractivity contribution in [2.75, 3.05) is 18.5 Å². The monoisotopic (exact) mass is 272 g/mol. The average molecular weight is 272 g/mol. The van der Waals surface area contributed by atoms with Gasteiger partial charge in [-0.25, -0.2) is 0 Å². The predicted octanol–water partition coefficient (Wildman–Crippen LogP) is 2.32. The van der Waals surface area contributed by atoms with Gasteiger partial charge in [-0.05, 0) is 25.5 Å². The summed E-state index contributed by atoms with van der Waals surface area (Å²) in [5.74, 6) is 1.45. The number of rotatable bonds is 4. The van der Waals surface area contributed by atoms with Gasteiger partial charge in [-0.3, -0.25) is 0 Å². The molecule has 2 atom stereocenters. The Balaban J connectivity index is 1.84. The van der Waals surface area contributed by atoms with Gasteiger partial charge in [0.2, 0.25) is 0 Å². The second-order valence-corrected chi connectivity index (χ2v) is 5.37. The fourth-order valence-electron chi connectivity index (χ4n) is 2.64. The molecule has 1 aromatic carbocycles. The van der Waals surface area contributed by atoms with Gasteiger partial charge >= 0.3 is 0 Å². The Morgan fingerprint density at radius 1 is 1.40 bits per heavy atom. The molecule has 1 aliphatic rings. The number of anilines is 1. The number of hydrogen-bond acceptors (Lipinski definition) is 4. The smallest absolute Gasteiger partial charge is 0.165 e. The molecule has 1 fully saturated rings. The van der Waals surface area contributed by atoms with Crippen LogP contribution < -0.4 is 5.32 Å². The molecule has 1 aromatic heterocycles. The van der Waals surface area contributed by atoms with Crippen LogP contribution in [0, 0.1) is 5.92 Å². The van der Waals surface area contributed by atoms with Crippen LogP contribution in [0.1, 0.15) is 13.3 Å². The Hall–Kier alpha value is -1.88. The summed E-state index contributed by atoms with van der Waals surface area (Å²) in [6.07, 6.45) is 2.85. The summed E-state index contributed by atoms with van der Waals surface area (Å²) in [6.45, 7) is 3.94. The zero-order valence-corrected chi connectivity index (χ0v) is 11.9. The second-order valence-electron chi connectivity index (χ2n) is 5.37. The Morgan fingerprint density at radius 3 is 2.95 bits per heavy atom. The van der Waals surface area contributed by atoms with Crippen molar-refractivity contribution in [3.63, 3.8) is 0 Å². The van der Waals surface area contributed by atoms with Crippen LogP contribution in [-0.2, 0) is 11.8 Å². The van der Waals surface area contributed by atoms with Crippen LogP contribution in [0.15, 0.2) is 30.6 Å². The molecule has 0 radical (unpaired) electrons. The van der Waals surface area contributed by atoms with E-state index in [0.717, 1.165) is 36.7 Å². The topological polar surface area (TPSA) is 52.0 Å². The number of hydrogen-bond donors (Lipinski definition) is 1. The minimum absolute atomic E-state index is 0.381. The first-order valence-corrected chi connectivity index (χ1v) is 7.03. The van der Waals surface area contributed by atoms with Gasteiger partial charge in [0.05, 0.1) is 6.61 Å². The molecule has 20 heavy (non-hydrogen) atoms. The van der Waals surface area contributed by atoms with Crippen LogP contribution in [-0.4, -0.2) is 34.0 Å². The van der Waals surface area contributed by atoms with E-state index in [4.69, 9.17) is 4.74 Å². The van der Waals surface area contributed by atoms with E-state index < -0.39 is 0 Å². The number of ether oxygens (including phenoxy) is 1. The molecule has 2 unspecified atom stereocenters. The molecule has 0 spiro atoms. The average Bonchev–Trinajstić information content (AvgIpc) is 3.10. The first kappa shape index (κ1) is 13.1. The van der Waals surface area contributed by atoms with Crippen molar-refractivity contribution in [1.29, 1.82) is 0 Å². The number of aryl methyl sites for hydroxylation is 1. The summed E-state index contributed by atoms with van der Waals surface area (Å²) >= 11 is 0. The lowest BCUT2D eigenvalue weighted by Gasteiger charge is -2.22. The summed E-state index contributed by atoms with van der Waals surface area (Å²) in [5.41, 5.74) is 2.18. The summed E-state index contributed by atoms with van der Waals surface area (Å²) in [4.78, 5) is 0. The van der Waals surface area contributed by atoms with Crippen molar-refractivity contribution < 1.29 is 4.74 Å². The third kappa shape index (κ3) is 2.54. The van der Waals surface area contributed by atoms with Gasteiger partial charge in [0.15, 0.2) is 5.82 Å². The van der Waals surface area contributed by atoms with Crippen molar-refractivity contribution in [3.05, 3.63) is 30.6 Å². The molecule has 2 heterocycles. The van der Waals surface area contributed by atoms with Crippen molar-refractivity contribution in [1.82, 2.24) is 14.8 Å². The molecule has 5 nitrogen and oxygen atoms in total. The van der Waals surface area contributed by atoms with Gasteiger partial charge in [-0.15, -0.1) is 10.2 Å². The molecule has 2 aromatic rings. The highest BCUT2D eigenvalue weighted by Crippen LogP contribution is 2.28. The maximum absolute atomic E-state index is 5.47. The standard InChI is InChI=1S/C15H20N4O/c1-11(12-7-8-20-9-12)17-14-6-4-3-5-13(14)15-18-16-10-19(15)2/h3-6,10-12,17H,7-9H2,1-2H3. The van der Waals surface area contributed by atoms with Crippen LogP contribution >= 0.6 is 0 Å². The zero-order valence-electron chi connectivity index (χ0n) is 11.9. The van der Waals surface area contributed by atoms with E-state index >= 15 is 0 Å². The summed E-state index contributed by atoms with van der Waals surface area (Å²) in [5, 5.41) is 11.8. The molecule has 5 heteroatoms. The fourth-order valence-corrected chi connectivity index (χ4v) is 2.64. The van der Waals surface area contributed by atoms with Crippen LogP contribution in [0.4, 0.5) is 5.69 Å².